The summed E-state index contributed by atoms with van der Waals surface area (Å²) in [5.41, 5.74) is 2.04. The van der Waals surface area contributed by atoms with Crippen LogP contribution in [-0.4, -0.2) is 18.4 Å². The van der Waals surface area contributed by atoms with E-state index in [2.05, 4.69) is 10.6 Å². The Kier molecular flexibility index (Phi) is 6.24. The molecule has 0 unspecified atom stereocenters. The lowest BCUT2D eigenvalue weighted by molar-refractivity contribution is -0.118. The van der Waals surface area contributed by atoms with Gasteiger partial charge in [0.25, 0.3) is 11.8 Å². The summed E-state index contributed by atoms with van der Waals surface area (Å²) >= 11 is 0. The smallest absolute Gasteiger partial charge is 0.262 e. The van der Waals surface area contributed by atoms with E-state index in [9.17, 15) is 9.59 Å². The maximum absolute atomic E-state index is 12.4. The number of hydrogen-bond donors (Lipinski definition) is 2. The average molecular weight is 410 g/mol. The first kappa shape index (κ1) is 20.2. The number of carbonyl (C=O) groups is 2. The summed E-state index contributed by atoms with van der Waals surface area (Å²) in [7, 11) is 0. The molecule has 2 amide bonds. The number of carbonyl (C=O) groups excluding carboxylic acids is 2. The van der Waals surface area contributed by atoms with Crippen molar-refractivity contribution in [2.24, 2.45) is 0 Å². The number of ether oxygens (including phenoxy) is 1. The summed E-state index contributed by atoms with van der Waals surface area (Å²) in [4.78, 5) is 24.7. The van der Waals surface area contributed by atoms with Gasteiger partial charge in [-0.05, 0) is 46.7 Å². The number of fused-ring (bicyclic) bond motifs is 1. The highest BCUT2D eigenvalue weighted by molar-refractivity contribution is 5.97. The highest BCUT2D eigenvalue weighted by Gasteiger charge is 2.09. The molecular weight excluding hydrogens is 388 g/mol. The van der Waals surface area contributed by atoms with Crippen molar-refractivity contribution in [3.63, 3.8) is 0 Å². The molecule has 0 aromatic heterocycles. The first-order valence-electron chi connectivity index (χ1n) is 10.0. The van der Waals surface area contributed by atoms with Gasteiger partial charge in [0.05, 0.1) is 0 Å². The van der Waals surface area contributed by atoms with E-state index in [1.807, 2.05) is 72.8 Å². The van der Waals surface area contributed by atoms with Gasteiger partial charge in [0, 0.05) is 17.8 Å². The van der Waals surface area contributed by atoms with Crippen LogP contribution in [0.1, 0.15) is 15.9 Å². The van der Waals surface area contributed by atoms with E-state index in [0.717, 1.165) is 16.3 Å². The zero-order chi connectivity index (χ0) is 21.5. The Balaban J connectivity index is 1.32. The van der Waals surface area contributed by atoms with E-state index in [-0.39, 0.29) is 18.4 Å². The van der Waals surface area contributed by atoms with Crippen molar-refractivity contribution in [1.29, 1.82) is 0 Å². The number of rotatable bonds is 7. The predicted molar refractivity (Wildman–Crippen MR) is 122 cm³/mol. The van der Waals surface area contributed by atoms with E-state index in [4.69, 9.17) is 4.74 Å². The summed E-state index contributed by atoms with van der Waals surface area (Å²) in [5, 5.41) is 7.82. The van der Waals surface area contributed by atoms with Crippen molar-refractivity contribution in [3.05, 3.63) is 108 Å². The lowest BCUT2D eigenvalue weighted by Gasteiger charge is -2.10. The monoisotopic (exact) mass is 410 g/mol. The van der Waals surface area contributed by atoms with E-state index in [1.165, 1.54) is 0 Å². The number of amides is 2. The van der Waals surface area contributed by atoms with Crippen molar-refractivity contribution in [2.75, 3.05) is 11.9 Å². The molecule has 31 heavy (non-hydrogen) atoms. The van der Waals surface area contributed by atoms with Crippen LogP contribution in [0.15, 0.2) is 97.1 Å². The third-order valence-corrected chi connectivity index (χ3v) is 4.80. The van der Waals surface area contributed by atoms with E-state index in [0.29, 0.717) is 23.5 Å². The van der Waals surface area contributed by atoms with Gasteiger partial charge < -0.3 is 15.4 Å². The minimum absolute atomic E-state index is 0.122. The molecule has 5 heteroatoms. The van der Waals surface area contributed by atoms with E-state index >= 15 is 0 Å². The Hall–Kier alpha value is -4.12. The highest BCUT2D eigenvalue weighted by atomic mass is 16.5. The van der Waals surface area contributed by atoms with Gasteiger partial charge in [-0.2, -0.15) is 0 Å². The summed E-state index contributed by atoms with van der Waals surface area (Å²) in [6.07, 6.45) is 0. The van der Waals surface area contributed by atoms with Gasteiger partial charge in [-0.3, -0.25) is 9.59 Å². The third-order valence-electron chi connectivity index (χ3n) is 4.80. The molecule has 0 aliphatic heterocycles. The van der Waals surface area contributed by atoms with Gasteiger partial charge >= 0.3 is 0 Å². The van der Waals surface area contributed by atoms with Crippen LogP contribution in [0.5, 0.6) is 5.75 Å². The Morgan fingerprint density at radius 3 is 2.35 bits per heavy atom. The molecule has 0 saturated heterocycles. The predicted octanol–water partition coefficient (Wildman–Crippen LogP) is 4.79. The van der Waals surface area contributed by atoms with Crippen LogP contribution >= 0.6 is 0 Å². The molecule has 4 aromatic rings. The molecule has 0 fully saturated rings. The zero-order valence-corrected chi connectivity index (χ0v) is 16.9. The maximum Gasteiger partial charge on any atom is 0.262 e. The highest BCUT2D eigenvalue weighted by Crippen LogP contribution is 2.20. The van der Waals surface area contributed by atoms with Crippen LogP contribution in [0.2, 0.25) is 0 Å². The standard InChI is InChI=1S/C26H22N2O3/c29-25(18-31-24-14-13-20-9-4-5-10-21(20)16-24)28-23-12-6-11-22(15-23)26(30)27-17-19-7-2-1-3-8-19/h1-16H,17-18H2,(H,27,30)(H,28,29). The van der Waals surface area contributed by atoms with Crippen LogP contribution in [0, 0.1) is 0 Å². The van der Waals surface area contributed by atoms with Crippen LogP contribution in [-0.2, 0) is 11.3 Å². The van der Waals surface area contributed by atoms with E-state index in [1.54, 1.807) is 24.3 Å². The van der Waals surface area contributed by atoms with Crippen molar-refractivity contribution in [2.45, 2.75) is 6.54 Å². The Morgan fingerprint density at radius 1 is 0.742 bits per heavy atom. The second-order valence-electron chi connectivity index (χ2n) is 7.09. The number of hydrogen-bond acceptors (Lipinski definition) is 3. The fourth-order valence-electron chi connectivity index (χ4n) is 3.22. The van der Waals surface area contributed by atoms with Gasteiger partial charge in [-0.25, -0.2) is 0 Å². The summed E-state index contributed by atoms with van der Waals surface area (Å²) in [6, 6.07) is 30.2. The molecule has 0 spiro atoms. The fourth-order valence-corrected chi connectivity index (χ4v) is 3.22. The number of nitrogens with one attached hydrogen (secondary N) is 2. The molecule has 2 N–H and O–H groups in total. The third kappa shape index (κ3) is 5.48. The van der Waals surface area contributed by atoms with Crippen molar-refractivity contribution in [1.82, 2.24) is 5.32 Å². The quantitative estimate of drug-likeness (QED) is 0.460. The number of benzene rings is 4. The van der Waals surface area contributed by atoms with Crippen LogP contribution < -0.4 is 15.4 Å². The first-order valence-corrected chi connectivity index (χ1v) is 10.0. The van der Waals surface area contributed by atoms with Gasteiger partial charge in [0.2, 0.25) is 0 Å². The Bertz CT molecular complexity index is 1210. The maximum atomic E-state index is 12.4. The molecule has 4 rings (SSSR count). The molecular formula is C26H22N2O3. The normalized spacial score (nSPS) is 10.5. The number of anilines is 1. The average Bonchev–Trinajstić information content (AvgIpc) is 2.82. The summed E-state index contributed by atoms with van der Waals surface area (Å²) < 4.78 is 5.62. The molecule has 0 radical (unpaired) electrons. The SMILES string of the molecule is O=C(COc1ccc2ccccc2c1)Nc1cccc(C(=O)NCc2ccccc2)c1. The topological polar surface area (TPSA) is 67.4 Å². The largest absolute Gasteiger partial charge is 0.484 e. The van der Waals surface area contributed by atoms with Gasteiger partial charge in [-0.1, -0.05) is 66.7 Å². The van der Waals surface area contributed by atoms with Crippen LogP contribution in [0.4, 0.5) is 5.69 Å². The molecule has 154 valence electrons. The van der Waals surface area contributed by atoms with Gasteiger partial charge in [-0.15, -0.1) is 0 Å². The lowest BCUT2D eigenvalue weighted by Crippen LogP contribution is -2.23. The van der Waals surface area contributed by atoms with Gasteiger partial charge in [0.15, 0.2) is 6.61 Å². The van der Waals surface area contributed by atoms with E-state index < -0.39 is 0 Å². The summed E-state index contributed by atoms with van der Waals surface area (Å²) in [6.45, 7) is 0.318. The molecule has 4 aromatic carbocycles. The second kappa shape index (κ2) is 9.59. The van der Waals surface area contributed by atoms with Crippen LogP contribution in [0.3, 0.4) is 0 Å². The molecule has 0 bridgehead atoms. The first-order chi connectivity index (χ1) is 15.2. The van der Waals surface area contributed by atoms with Crippen LogP contribution in [0.25, 0.3) is 10.8 Å². The Labute approximate surface area is 180 Å². The molecule has 0 aliphatic rings. The summed E-state index contributed by atoms with van der Waals surface area (Å²) in [5.74, 6) is 0.130. The molecule has 0 heterocycles. The molecule has 0 atom stereocenters. The van der Waals surface area contributed by atoms with Crippen molar-refractivity contribution in [3.8, 4) is 5.75 Å². The molecule has 0 saturated carbocycles. The molecule has 5 nitrogen and oxygen atoms in total. The van der Waals surface area contributed by atoms with Crippen molar-refractivity contribution < 1.29 is 14.3 Å². The zero-order valence-electron chi connectivity index (χ0n) is 16.9. The Morgan fingerprint density at radius 2 is 1.52 bits per heavy atom. The molecule has 0 aliphatic carbocycles. The minimum atomic E-state index is -0.296. The van der Waals surface area contributed by atoms with Crippen molar-refractivity contribution >= 4 is 28.3 Å². The van der Waals surface area contributed by atoms with Gasteiger partial charge in [0.1, 0.15) is 5.75 Å². The second-order valence-corrected chi connectivity index (χ2v) is 7.09. The minimum Gasteiger partial charge on any atom is -0.484 e. The lowest BCUT2D eigenvalue weighted by atomic mass is 10.1. The fraction of sp³-hybridized carbons (Fsp3) is 0.0769.